The average Bonchev–Trinajstić information content (AvgIpc) is 3.27. The van der Waals surface area contributed by atoms with E-state index in [9.17, 15) is 19.7 Å². The van der Waals surface area contributed by atoms with Gasteiger partial charge in [-0.25, -0.2) is 0 Å². The highest BCUT2D eigenvalue weighted by Crippen LogP contribution is 2.66. The Labute approximate surface area is 137 Å². The van der Waals surface area contributed by atoms with E-state index in [0.717, 1.165) is 0 Å². The van der Waals surface area contributed by atoms with E-state index in [4.69, 9.17) is 4.74 Å². The number of carbonyl (C=O) groups is 2. The molecule has 0 radical (unpaired) electrons. The standard InChI is InChI=1S/C18H13NO5/c1-24-11-8-6-10(7-9-11)14-15(19(22)23)18(14)16(20)12-4-2-3-5-13(12)17(18)21/h2-9,14-15H,1H3/t14-,15-/m0/s1. The Bertz CT molecular complexity index is 852. The molecule has 2 aliphatic rings. The summed E-state index contributed by atoms with van der Waals surface area (Å²) >= 11 is 0. The molecule has 6 heteroatoms. The SMILES string of the molecule is COc1ccc([C@H]2[C@H]([N+](=O)[O-])C23C(=O)c2ccccc2C3=O)cc1. The summed E-state index contributed by atoms with van der Waals surface area (Å²) in [4.78, 5) is 36.8. The number of nitrogens with zero attached hydrogens (tertiary/aromatic N) is 1. The van der Waals surface area contributed by atoms with Crippen LogP contribution >= 0.6 is 0 Å². The lowest BCUT2D eigenvalue weighted by molar-refractivity contribution is -0.500. The highest BCUT2D eigenvalue weighted by molar-refractivity contribution is 6.33. The highest BCUT2D eigenvalue weighted by Gasteiger charge is 2.84. The summed E-state index contributed by atoms with van der Waals surface area (Å²) in [6.07, 6.45) is 0. The summed E-state index contributed by atoms with van der Waals surface area (Å²) < 4.78 is 5.09. The number of nitro groups is 1. The van der Waals surface area contributed by atoms with Crippen molar-refractivity contribution in [3.05, 3.63) is 75.3 Å². The number of hydrogen-bond donors (Lipinski definition) is 0. The van der Waals surface area contributed by atoms with Gasteiger partial charge in [0.2, 0.25) is 6.04 Å². The van der Waals surface area contributed by atoms with Crippen LogP contribution in [0.2, 0.25) is 0 Å². The first-order valence-corrected chi connectivity index (χ1v) is 7.49. The first kappa shape index (κ1) is 14.6. The van der Waals surface area contributed by atoms with Gasteiger partial charge in [-0.2, -0.15) is 0 Å². The fourth-order valence-corrected chi connectivity index (χ4v) is 3.89. The topological polar surface area (TPSA) is 86.5 Å². The molecule has 0 bridgehead atoms. The van der Waals surface area contributed by atoms with E-state index < -0.39 is 33.9 Å². The van der Waals surface area contributed by atoms with Crippen LogP contribution in [0.5, 0.6) is 5.75 Å². The van der Waals surface area contributed by atoms with Crippen LogP contribution in [-0.2, 0) is 0 Å². The lowest BCUT2D eigenvalue weighted by Gasteiger charge is -2.04. The van der Waals surface area contributed by atoms with Gasteiger partial charge in [-0.05, 0) is 17.7 Å². The van der Waals surface area contributed by atoms with Crippen molar-refractivity contribution < 1.29 is 19.2 Å². The van der Waals surface area contributed by atoms with E-state index in [1.165, 1.54) is 7.11 Å². The minimum atomic E-state index is -1.60. The van der Waals surface area contributed by atoms with Gasteiger partial charge in [0.05, 0.1) is 13.0 Å². The molecule has 4 rings (SSSR count). The van der Waals surface area contributed by atoms with Crippen molar-refractivity contribution in [2.24, 2.45) is 5.41 Å². The third-order valence-corrected chi connectivity index (χ3v) is 5.03. The molecular formula is C18H13NO5. The Morgan fingerprint density at radius 3 is 2.00 bits per heavy atom. The van der Waals surface area contributed by atoms with Crippen molar-refractivity contribution in [1.29, 1.82) is 0 Å². The molecule has 120 valence electrons. The number of rotatable bonds is 3. The van der Waals surface area contributed by atoms with Gasteiger partial charge in [-0.3, -0.25) is 19.7 Å². The van der Waals surface area contributed by atoms with Gasteiger partial charge >= 0.3 is 0 Å². The zero-order valence-electron chi connectivity index (χ0n) is 12.8. The van der Waals surface area contributed by atoms with Crippen molar-refractivity contribution in [2.75, 3.05) is 7.11 Å². The number of Topliss-reactive ketones (excluding diaryl/α,β-unsaturated/α-hetero) is 2. The predicted molar refractivity (Wildman–Crippen MR) is 84.1 cm³/mol. The second-order valence-corrected chi connectivity index (χ2v) is 6.05. The molecule has 0 unspecified atom stereocenters. The lowest BCUT2D eigenvalue weighted by Crippen LogP contribution is -2.25. The molecule has 24 heavy (non-hydrogen) atoms. The summed E-state index contributed by atoms with van der Waals surface area (Å²) in [6.45, 7) is 0. The second kappa shape index (κ2) is 4.74. The minimum Gasteiger partial charge on any atom is -0.497 e. The summed E-state index contributed by atoms with van der Waals surface area (Å²) in [5.41, 5.74) is -0.426. The fraction of sp³-hybridized carbons (Fsp3) is 0.222. The molecule has 1 saturated carbocycles. The Balaban J connectivity index is 1.83. The summed E-state index contributed by atoms with van der Waals surface area (Å²) in [5, 5.41) is 11.5. The largest absolute Gasteiger partial charge is 0.497 e. The normalized spacial score (nSPS) is 23.2. The van der Waals surface area contributed by atoms with Gasteiger partial charge in [0.1, 0.15) is 5.75 Å². The maximum atomic E-state index is 12.9. The molecule has 0 heterocycles. The van der Waals surface area contributed by atoms with Crippen LogP contribution in [0, 0.1) is 15.5 Å². The number of carbonyl (C=O) groups excluding carboxylic acids is 2. The van der Waals surface area contributed by atoms with Crippen LogP contribution in [0.25, 0.3) is 0 Å². The number of benzene rings is 2. The molecule has 6 nitrogen and oxygen atoms in total. The van der Waals surface area contributed by atoms with E-state index in [0.29, 0.717) is 11.3 Å². The van der Waals surface area contributed by atoms with Crippen LogP contribution in [0.4, 0.5) is 0 Å². The van der Waals surface area contributed by atoms with Crippen molar-refractivity contribution in [3.8, 4) is 5.75 Å². The van der Waals surface area contributed by atoms with E-state index >= 15 is 0 Å². The van der Waals surface area contributed by atoms with Crippen molar-refractivity contribution >= 4 is 11.6 Å². The van der Waals surface area contributed by atoms with Gasteiger partial charge in [0, 0.05) is 16.1 Å². The molecule has 2 aromatic carbocycles. The Morgan fingerprint density at radius 2 is 1.54 bits per heavy atom. The first-order chi connectivity index (χ1) is 11.5. The molecular weight excluding hydrogens is 310 g/mol. The third-order valence-electron chi connectivity index (χ3n) is 5.03. The van der Waals surface area contributed by atoms with Gasteiger partial charge in [0.15, 0.2) is 17.0 Å². The van der Waals surface area contributed by atoms with Gasteiger partial charge in [-0.1, -0.05) is 36.4 Å². The first-order valence-electron chi connectivity index (χ1n) is 7.49. The van der Waals surface area contributed by atoms with Crippen LogP contribution < -0.4 is 4.74 Å². The van der Waals surface area contributed by atoms with E-state index in [1.54, 1.807) is 48.5 Å². The minimum absolute atomic E-state index is 0.283. The smallest absolute Gasteiger partial charge is 0.242 e. The molecule has 0 aliphatic heterocycles. The zero-order valence-corrected chi connectivity index (χ0v) is 12.8. The Morgan fingerprint density at radius 1 is 1.00 bits per heavy atom. The number of fused-ring (bicyclic) bond motifs is 1. The highest BCUT2D eigenvalue weighted by atomic mass is 16.6. The van der Waals surface area contributed by atoms with Gasteiger partial charge in [0.25, 0.3) is 0 Å². The third kappa shape index (κ3) is 1.60. The molecule has 1 fully saturated rings. The number of ketones is 2. The molecule has 2 aromatic rings. The van der Waals surface area contributed by atoms with Crippen LogP contribution in [0.1, 0.15) is 32.2 Å². The maximum absolute atomic E-state index is 12.9. The number of ether oxygens (including phenoxy) is 1. The lowest BCUT2D eigenvalue weighted by atomic mass is 9.93. The number of hydrogen-bond acceptors (Lipinski definition) is 5. The van der Waals surface area contributed by atoms with E-state index in [2.05, 4.69) is 0 Å². The predicted octanol–water partition coefficient (Wildman–Crippen LogP) is 2.50. The Kier molecular flexibility index (Phi) is 2.87. The van der Waals surface area contributed by atoms with E-state index in [-0.39, 0.29) is 11.1 Å². The monoisotopic (exact) mass is 323 g/mol. The van der Waals surface area contributed by atoms with E-state index in [1.807, 2.05) is 0 Å². The molecule has 0 saturated heterocycles. The molecule has 2 atom stereocenters. The quantitative estimate of drug-likeness (QED) is 0.492. The fourth-order valence-electron chi connectivity index (χ4n) is 3.89. The molecule has 0 amide bonds. The maximum Gasteiger partial charge on any atom is 0.242 e. The zero-order chi connectivity index (χ0) is 17.1. The van der Waals surface area contributed by atoms with Gasteiger partial charge in [-0.15, -0.1) is 0 Å². The van der Waals surface area contributed by atoms with Gasteiger partial charge < -0.3 is 4.74 Å². The van der Waals surface area contributed by atoms with Crippen molar-refractivity contribution in [1.82, 2.24) is 0 Å². The van der Waals surface area contributed by atoms with Crippen LogP contribution in [-0.4, -0.2) is 29.6 Å². The van der Waals surface area contributed by atoms with Crippen molar-refractivity contribution in [3.63, 3.8) is 0 Å². The molecule has 2 aliphatic carbocycles. The van der Waals surface area contributed by atoms with Crippen LogP contribution in [0.3, 0.4) is 0 Å². The average molecular weight is 323 g/mol. The Hall–Kier alpha value is -3.02. The molecule has 0 N–H and O–H groups in total. The molecule has 0 aromatic heterocycles. The summed E-state index contributed by atoms with van der Waals surface area (Å²) in [5.74, 6) is -1.01. The summed E-state index contributed by atoms with van der Waals surface area (Å²) in [6, 6.07) is 11.9. The second-order valence-electron chi connectivity index (χ2n) is 6.05. The van der Waals surface area contributed by atoms with Crippen molar-refractivity contribution in [2.45, 2.75) is 12.0 Å². The summed E-state index contributed by atoms with van der Waals surface area (Å²) in [7, 11) is 1.52. The molecule has 1 spiro atoms. The number of methoxy groups -OCH3 is 1. The van der Waals surface area contributed by atoms with Crippen LogP contribution in [0.15, 0.2) is 48.5 Å².